The van der Waals surface area contributed by atoms with Crippen molar-refractivity contribution < 1.29 is 18.5 Å². The highest BCUT2D eigenvalue weighted by molar-refractivity contribution is 7.36. The number of hydrogen-bond acceptors (Lipinski definition) is 5. The fraction of sp³-hybridized carbons (Fsp3) is 0.467. The lowest BCUT2D eigenvalue weighted by molar-refractivity contribution is 0.0544. The van der Waals surface area contributed by atoms with Crippen molar-refractivity contribution >= 4 is 14.2 Å². The predicted molar refractivity (Wildman–Crippen MR) is 85.3 cm³/mol. The highest BCUT2D eigenvalue weighted by Gasteiger charge is 2.14. The van der Waals surface area contributed by atoms with E-state index in [4.69, 9.17) is 18.5 Å². The van der Waals surface area contributed by atoms with E-state index >= 15 is 0 Å². The normalized spacial score (nSPS) is 12.2. The molecule has 1 unspecified atom stereocenters. The van der Waals surface area contributed by atoms with E-state index in [1.807, 2.05) is 42.5 Å². The standard InChI is InChI=1S/C15H23NO4P/c1-16-21(20-14-13-18-12-11-17-2)19-10-6-9-15-7-4-3-5-8-15/h3-9H,10-14H2,1-2H3/q+1/b9-6+. The number of benzene rings is 1. The van der Waals surface area contributed by atoms with Crippen LogP contribution in [0.15, 0.2) is 41.2 Å². The summed E-state index contributed by atoms with van der Waals surface area (Å²) in [6, 6.07) is 10.1. The van der Waals surface area contributed by atoms with Gasteiger partial charge in [0, 0.05) is 7.11 Å². The van der Waals surface area contributed by atoms with Gasteiger partial charge in [0.05, 0.1) is 26.9 Å². The molecule has 0 saturated carbocycles. The zero-order chi connectivity index (χ0) is 15.2. The topological polar surface area (TPSA) is 49.3 Å². The smallest absolute Gasteiger partial charge is 0.382 e. The van der Waals surface area contributed by atoms with E-state index < -0.39 is 8.17 Å². The summed E-state index contributed by atoms with van der Waals surface area (Å²) >= 11 is 0. The van der Waals surface area contributed by atoms with Gasteiger partial charge in [-0.15, -0.1) is 9.05 Å². The molecule has 1 aromatic rings. The van der Waals surface area contributed by atoms with Crippen LogP contribution in [0.2, 0.25) is 0 Å². The van der Waals surface area contributed by atoms with Gasteiger partial charge in [0.1, 0.15) is 13.2 Å². The van der Waals surface area contributed by atoms with Crippen molar-refractivity contribution in [1.82, 2.24) is 0 Å². The van der Waals surface area contributed by atoms with Crippen LogP contribution in [0, 0.1) is 0 Å². The Balaban J connectivity index is 2.12. The Labute approximate surface area is 127 Å². The molecule has 0 fully saturated rings. The van der Waals surface area contributed by atoms with Crippen LogP contribution in [0.3, 0.4) is 0 Å². The summed E-state index contributed by atoms with van der Waals surface area (Å²) in [5.41, 5.74) is 1.14. The third kappa shape index (κ3) is 9.45. The highest BCUT2D eigenvalue weighted by atomic mass is 31.1. The van der Waals surface area contributed by atoms with E-state index in [1.54, 1.807) is 14.2 Å². The Bertz CT molecular complexity index is 423. The van der Waals surface area contributed by atoms with Crippen LogP contribution in [0.4, 0.5) is 0 Å². The molecule has 0 spiro atoms. The second kappa shape index (κ2) is 12.6. The third-order valence-electron chi connectivity index (χ3n) is 2.42. The molecule has 0 aromatic heterocycles. The van der Waals surface area contributed by atoms with Crippen molar-refractivity contribution in [2.75, 3.05) is 47.2 Å². The minimum atomic E-state index is -1.20. The van der Waals surface area contributed by atoms with Gasteiger partial charge >= 0.3 is 8.17 Å². The van der Waals surface area contributed by atoms with Gasteiger partial charge in [-0.1, -0.05) is 47.2 Å². The van der Waals surface area contributed by atoms with Crippen molar-refractivity contribution in [3.8, 4) is 0 Å². The largest absolute Gasteiger partial charge is 0.559 e. The van der Waals surface area contributed by atoms with Crippen LogP contribution in [0.25, 0.3) is 6.08 Å². The maximum absolute atomic E-state index is 5.55. The summed E-state index contributed by atoms with van der Waals surface area (Å²) in [5, 5.41) is 0. The molecule has 5 nitrogen and oxygen atoms in total. The molecule has 0 amide bonds. The molecule has 0 N–H and O–H groups in total. The molecule has 1 atom stereocenters. The van der Waals surface area contributed by atoms with Gasteiger partial charge in [0.25, 0.3) is 0 Å². The van der Waals surface area contributed by atoms with Crippen LogP contribution in [0.5, 0.6) is 0 Å². The molecule has 1 aromatic carbocycles. The summed E-state index contributed by atoms with van der Waals surface area (Å²) in [5.74, 6) is 0. The Kier molecular flexibility index (Phi) is 10.8. The van der Waals surface area contributed by atoms with E-state index in [9.17, 15) is 0 Å². The van der Waals surface area contributed by atoms with Gasteiger partial charge in [-0.05, 0) is 5.56 Å². The first-order valence-corrected chi connectivity index (χ1v) is 7.94. The zero-order valence-electron chi connectivity index (χ0n) is 12.6. The van der Waals surface area contributed by atoms with Crippen LogP contribution in [-0.4, -0.2) is 47.2 Å². The maximum atomic E-state index is 5.55. The van der Waals surface area contributed by atoms with E-state index in [2.05, 4.69) is 4.74 Å². The summed E-state index contributed by atoms with van der Waals surface area (Å²) in [4.78, 5) is 0. The fourth-order valence-corrected chi connectivity index (χ4v) is 2.18. The first kappa shape index (κ1) is 18.0. The van der Waals surface area contributed by atoms with E-state index in [0.29, 0.717) is 33.0 Å². The van der Waals surface area contributed by atoms with E-state index in [1.165, 1.54) is 0 Å². The molecule has 0 aliphatic heterocycles. The zero-order valence-corrected chi connectivity index (χ0v) is 13.5. The van der Waals surface area contributed by atoms with Gasteiger partial charge in [0.15, 0.2) is 0 Å². The highest BCUT2D eigenvalue weighted by Crippen LogP contribution is 2.27. The lowest BCUT2D eigenvalue weighted by atomic mass is 10.2. The minimum absolute atomic E-state index is 0.467. The number of hydrogen-bond donors (Lipinski definition) is 0. The Hall–Kier alpha value is -1.10. The van der Waals surface area contributed by atoms with E-state index in [-0.39, 0.29) is 0 Å². The molecule has 0 aliphatic rings. The first-order valence-electron chi connectivity index (χ1n) is 6.80. The Morgan fingerprint density at radius 1 is 1.05 bits per heavy atom. The molecule has 116 valence electrons. The minimum Gasteiger partial charge on any atom is -0.382 e. The van der Waals surface area contributed by atoms with Gasteiger partial charge in [-0.25, -0.2) is 0 Å². The molecule has 21 heavy (non-hydrogen) atoms. The molecule has 1 rings (SSSR count). The van der Waals surface area contributed by atoms with Crippen molar-refractivity contribution in [2.24, 2.45) is 4.74 Å². The van der Waals surface area contributed by atoms with Crippen molar-refractivity contribution in [3.05, 3.63) is 42.0 Å². The average molecular weight is 312 g/mol. The van der Waals surface area contributed by atoms with Crippen molar-refractivity contribution in [1.29, 1.82) is 0 Å². The summed E-state index contributed by atoms with van der Waals surface area (Å²) in [6.45, 7) is 2.62. The molecular weight excluding hydrogens is 289 g/mol. The quantitative estimate of drug-likeness (QED) is 0.463. The second-order valence-electron chi connectivity index (χ2n) is 3.99. The number of methoxy groups -OCH3 is 1. The molecule has 0 bridgehead atoms. The average Bonchev–Trinajstić information content (AvgIpc) is 2.53. The number of ether oxygens (including phenoxy) is 2. The van der Waals surface area contributed by atoms with Crippen LogP contribution in [-0.2, 0) is 18.5 Å². The Morgan fingerprint density at radius 3 is 2.52 bits per heavy atom. The molecule has 0 radical (unpaired) electrons. The molecule has 0 aliphatic carbocycles. The summed E-state index contributed by atoms with van der Waals surface area (Å²) in [6.07, 6.45) is 3.96. The number of rotatable bonds is 11. The maximum Gasteiger partial charge on any atom is 0.559 e. The number of nitrogens with zero attached hydrogens (tertiary/aromatic N) is 1. The first-order chi connectivity index (χ1) is 10.4. The predicted octanol–water partition coefficient (Wildman–Crippen LogP) is 3.52. The van der Waals surface area contributed by atoms with Crippen molar-refractivity contribution in [2.45, 2.75) is 0 Å². The van der Waals surface area contributed by atoms with E-state index in [0.717, 1.165) is 5.56 Å². The van der Waals surface area contributed by atoms with Crippen molar-refractivity contribution in [3.63, 3.8) is 0 Å². The second-order valence-corrected chi connectivity index (χ2v) is 5.38. The SMILES string of the molecule is CN=[P+](OC/C=C/c1ccccc1)OCCOCCOC. The lowest BCUT2D eigenvalue weighted by Gasteiger charge is -1.99. The van der Waals surface area contributed by atoms with Gasteiger partial charge in [-0.3, -0.25) is 0 Å². The van der Waals surface area contributed by atoms with Gasteiger partial charge < -0.3 is 9.47 Å². The Morgan fingerprint density at radius 2 is 1.81 bits per heavy atom. The fourth-order valence-electron chi connectivity index (χ4n) is 1.43. The van der Waals surface area contributed by atoms with Gasteiger partial charge in [-0.2, -0.15) is 0 Å². The molecule has 0 heterocycles. The molecule has 0 saturated heterocycles. The lowest BCUT2D eigenvalue weighted by Crippen LogP contribution is -2.06. The monoisotopic (exact) mass is 312 g/mol. The van der Waals surface area contributed by atoms with Crippen LogP contribution >= 0.6 is 8.17 Å². The van der Waals surface area contributed by atoms with Crippen LogP contribution in [0.1, 0.15) is 5.56 Å². The molecule has 6 heteroatoms. The third-order valence-corrected chi connectivity index (χ3v) is 3.52. The molecular formula is C15H23NO4P+. The van der Waals surface area contributed by atoms with Crippen LogP contribution < -0.4 is 0 Å². The summed E-state index contributed by atoms with van der Waals surface area (Å²) in [7, 11) is 2.14. The summed E-state index contributed by atoms with van der Waals surface area (Å²) < 4.78 is 25.3. The van der Waals surface area contributed by atoms with Gasteiger partial charge in [0.2, 0.25) is 0 Å².